The van der Waals surface area contributed by atoms with Crippen LogP contribution < -0.4 is 4.74 Å². The molecule has 0 amide bonds. The van der Waals surface area contributed by atoms with Gasteiger partial charge in [0.1, 0.15) is 5.75 Å². The molecule has 1 heterocycles. The third-order valence-electron chi connectivity index (χ3n) is 2.41. The molecule has 3 nitrogen and oxygen atoms in total. The molecule has 0 atom stereocenters. The van der Waals surface area contributed by atoms with Crippen LogP contribution in [0, 0.1) is 0 Å². The Balaban J connectivity index is 1.95. The van der Waals surface area contributed by atoms with Crippen molar-refractivity contribution in [3.8, 4) is 5.75 Å². The highest BCUT2D eigenvalue weighted by Crippen LogP contribution is 2.25. The SMILES string of the molecule is O=C(O)c1ccc(OCCc2ccsc2)c(Cl)c1. The van der Waals surface area contributed by atoms with Crippen molar-refractivity contribution in [2.45, 2.75) is 6.42 Å². The normalized spacial score (nSPS) is 10.3. The third kappa shape index (κ3) is 3.24. The highest BCUT2D eigenvalue weighted by molar-refractivity contribution is 7.07. The number of thiophene rings is 1. The van der Waals surface area contributed by atoms with E-state index in [0.717, 1.165) is 6.42 Å². The number of carboxylic acids is 1. The molecule has 2 rings (SSSR count). The Hall–Kier alpha value is -1.52. The molecule has 5 heteroatoms. The van der Waals surface area contributed by atoms with Gasteiger partial charge in [0.15, 0.2) is 0 Å². The second-order valence-electron chi connectivity index (χ2n) is 3.68. The maximum absolute atomic E-state index is 10.7. The van der Waals surface area contributed by atoms with E-state index in [9.17, 15) is 4.79 Å². The maximum Gasteiger partial charge on any atom is 0.335 e. The molecule has 0 aliphatic carbocycles. The van der Waals surface area contributed by atoms with Gasteiger partial charge in [0.25, 0.3) is 0 Å². The van der Waals surface area contributed by atoms with E-state index in [1.165, 1.54) is 17.7 Å². The fourth-order valence-electron chi connectivity index (χ4n) is 1.46. The van der Waals surface area contributed by atoms with E-state index in [-0.39, 0.29) is 5.56 Å². The third-order valence-corrected chi connectivity index (χ3v) is 3.43. The second kappa shape index (κ2) is 5.89. The summed E-state index contributed by atoms with van der Waals surface area (Å²) in [6, 6.07) is 6.50. The predicted molar refractivity (Wildman–Crippen MR) is 71.9 cm³/mol. The first-order valence-corrected chi connectivity index (χ1v) is 6.65. The predicted octanol–water partition coefficient (Wildman–Crippen LogP) is 3.72. The highest BCUT2D eigenvalue weighted by atomic mass is 35.5. The number of carbonyl (C=O) groups is 1. The van der Waals surface area contributed by atoms with Crippen LogP contribution in [0.25, 0.3) is 0 Å². The van der Waals surface area contributed by atoms with Crippen LogP contribution in [0.4, 0.5) is 0 Å². The molecule has 1 aromatic heterocycles. The van der Waals surface area contributed by atoms with E-state index in [4.69, 9.17) is 21.4 Å². The molecule has 0 spiro atoms. The van der Waals surface area contributed by atoms with Crippen LogP contribution in [0.2, 0.25) is 5.02 Å². The molecular formula is C13H11ClO3S. The Labute approximate surface area is 114 Å². The number of carboxylic acid groups (broad SMARTS) is 1. The van der Waals surface area contributed by atoms with Crippen molar-refractivity contribution in [2.24, 2.45) is 0 Å². The zero-order valence-corrected chi connectivity index (χ0v) is 11.0. The number of aromatic carboxylic acids is 1. The van der Waals surface area contributed by atoms with Crippen LogP contribution in [-0.4, -0.2) is 17.7 Å². The summed E-state index contributed by atoms with van der Waals surface area (Å²) in [6.07, 6.45) is 0.806. The second-order valence-corrected chi connectivity index (χ2v) is 4.87. The van der Waals surface area contributed by atoms with Crippen LogP contribution in [-0.2, 0) is 6.42 Å². The topological polar surface area (TPSA) is 46.5 Å². The van der Waals surface area contributed by atoms with Gasteiger partial charge in [-0.2, -0.15) is 11.3 Å². The van der Waals surface area contributed by atoms with E-state index >= 15 is 0 Å². The number of benzene rings is 1. The van der Waals surface area contributed by atoms with Gasteiger partial charge in [-0.1, -0.05) is 11.6 Å². The number of hydrogen-bond donors (Lipinski definition) is 1. The number of halogens is 1. The van der Waals surface area contributed by atoms with E-state index in [2.05, 4.69) is 5.38 Å². The van der Waals surface area contributed by atoms with Gasteiger partial charge in [-0.25, -0.2) is 4.79 Å². The lowest BCUT2D eigenvalue weighted by molar-refractivity contribution is 0.0697. The van der Waals surface area contributed by atoms with Gasteiger partial charge in [0.2, 0.25) is 0 Å². The van der Waals surface area contributed by atoms with Gasteiger partial charge in [-0.05, 0) is 40.6 Å². The average molecular weight is 283 g/mol. The van der Waals surface area contributed by atoms with E-state index < -0.39 is 5.97 Å². The first kappa shape index (κ1) is 12.9. The Kier molecular flexibility index (Phi) is 4.23. The van der Waals surface area contributed by atoms with Crippen molar-refractivity contribution >= 4 is 28.9 Å². The molecular weight excluding hydrogens is 272 g/mol. The van der Waals surface area contributed by atoms with Crippen LogP contribution in [0.3, 0.4) is 0 Å². The lowest BCUT2D eigenvalue weighted by Gasteiger charge is -2.07. The zero-order chi connectivity index (χ0) is 13.0. The molecule has 1 aromatic carbocycles. The smallest absolute Gasteiger partial charge is 0.335 e. The number of ether oxygens (including phenoxy) is 1. The summed E-state index contributed by atoms with van der Waals surface area (Å²) in [4.78, 5) is 10.7. The first-order valence-electron chi connectivity index (χ1n) is 5.33. The summed E-state index contributed by atoms with van der Waals surface area (Å²) >= 11 is 7.60. The first-order chi connectivity index (χ1) is 8.66. The molecule has 2 aromatic rings. The van der Waals surface area contributed by atoms with Crippen molar-refractivity contribution in [2.75, 3.05) is 6.61 Å². The van der Waals surface area contributed by atoms with Crippen LogP contribution in [0.1, 0.15) is 15.9 Å². The zero-order valence-electron chi connectivity index (χ0n) is 9.43. The van der Waals surface area contributed by atoms with Gasteiger partial charge in [0, 0.05) is 6.42 Å². The van der Waals surface area contributed by atoms with E-state index in [1.54, 1.807) is 17.4 Å². The summed E-state index contributed by atoms with van der Waals surface area (Å²) in [5.74, 6) is -0.487. The van der Waals surface area contributed by atoms with Gasteiger partial charge >= 0.3 is 5.97 Å². The minimum absolute atomic E-state index is 0.158. The van der Waals surface area contributed by atoms with Gasteiger partial charge in [0.05, 0.1) is 17.2 Å². The summed E-state index contributed by atoms with van der Waals surface area (Å²) in [7, 11) is 0. The molecule has 0 saturated heterocycles. The van der Waals surface area contributed by atoms with E-state index in [1.807, 2.05) is 11.4 Å². The minimum atomic E-state index is -0.998. The van der Waals surface area contributed by atoms with Crippen molar-refractivity contribution in [3.63, 3.8) is 0 Å². The van der Waals surface area contributed by atoms with Gasteiger partial charge < -0.3 is 9.84 Å². The molecule has 0 fully saturated rings. The van der Waals surface area contributed by atoms with E-state index in [0.29, 0.717) is 17.4 Å². The number of hydrogen-bond acceptors (Lipinski definition) is 3. The molecule has 1 N–H and O–H groups in total. The Morgan fingerprint density at radius 1 is 1.39 bits per heavy atom. The largest absolute Gasteiger partial charge is 0.492 e. The minimum Gasteiger partial charge on any atom is -0.492 e. The quantitative estimate of drug-likeness (QED) is 0.909. The molecule has 94 valence electrons. The molecule has 0 saturated carbocycles. The van der Waals surface area contributed by atoms with Gasteiger partial charge in [-0.15, -0.1) is 0 Å². The van der Waals surface area contributed by atoms with Crippen molar-refractivity contribution in [1.82, 2.24) is 0 Å². The lowest BCUT2D eigenvalue weighted by atomic mass is 10.2. The maximum atomic E-state index is 10.7. The van der Waals surface area contributed by atoms with Gasteiger partial charge in [-0.3, -0.25) is 0 Å². The lowest BCUT2D eigenvalue weighted by Crippen LogP contribution is -2.02. The molecule has 0 bridgehead atoms. The highest BCUT2D eigenvalue weighted by Gasteiger charge is 2.07. The monoisotopic (exact) mass is 282 g/mol. The summed E-state index contributed by atoms with van der Waals surface area (Å²) in [6.45, 7) is 0.517. The summed E-state index contributed by atoms with van der Waals surface area (Å²) in [5.41, 5.74) is 1.38. The van der Waals surface area contributed by atoms with Crippen molar-refractivity contribution in [3.05, 3.63) is 51.2 Å². The number of rotatable bonds is 5. The molecule has 18 heavy (non-hydrogen) atoms. The Morgan fingerprint density at radius 2 is 2.22 bits per heavy atom. The molecule has 0 unspecified atom stereocenters. The van der Waals surface area contributed by atoms with Crippen LogP contribution in [0.15, 0.2) is 35.0 Å². The fourth-order valence-corrected chi connectivity index (χ4v) is 2.40. The average Bonchev–Trinajstić information content (AvgIpc) is 2.84. The van der Waals surface area contributed by atoms with Crippen molar-refractivity contribution < 1.29 is 14.6 Å². The summed E-state index contributed by atoms with van der Waals surface area (Å²) in [5, 5.41) is 13.2. The molecule has 0 radical (unpaired) electrons. The Bertz CT molecular complexity index is 537. The van der Waals surface area contributed by atoms with Crippen molar-refractivity contribution in [1.29, 1.82) is 0 Å². The molecule has 0 aliphatic rings. The Morgan fingerprint density at radius 3 is 2.83 bits per heavy atom. The fraction of sp³-hybridized carbons (Fsp3) is 0.154. The van der Waals surface area contributed by atoms with Crippen LogP contribution in [0.5, 0.6) is 5.75 Å². The molecule has 0 aliphatic heterocycles. The standard InChI is InChI=1S/C13H11ClO3S/c14-11-7-10(13(15)16)1-2-12(11)17-5-3-9-4-6-18-8-9/h1-2,4,6-8H,3,5H2,(H,15,16). The van der Waals surface area contributed by atoms with Crippen LogP contribution >= 0.6 is 22.9 Å². The summed E-state index contributed by atoms with van der Waals surface area (Å²) < 4.78 is 5.52.